The Bertz CT molecular complexity index is 1280. The van der Waals surface area contributed by atoms with Crippen LogP contribution < -0.4 is 14.8 Å². The molecule has 0 spiro atoms. The lowest BCUT2D eigenvalue weighted by Crippen LogP contribution is -2.30. The number of para-hydroxylation sites is 2. The van der Waals surface area contributed by atoms with Crippen LogP contribution >= 0.6 is 0 Å². The van der Waals surface area contributed by atoms with Crippen LogP contribution in [0.15, 0.2) is 71.1 Å². The Balaban J connectivity index is 1.51. The second-order valence-corrected chi connectivity index (χ2v) is 7.14. The van der Waals surface area contributed by atoms with Crippen LogP contribution in [0.5, 0.6) is 11.5 Å². The number of nitrogens with one attached hydrogen (secondary N) is 1. The van der Waals surface area contributed by atoms with Gasteiger partial charge in [-0.05, 0) is 43.3 Å². The Morgan fingerprint density at radius 1 is 0.970 bits per heavy atom. The minimum atomic E-state index is -1.07. The zero-order chi connectivity index (χ0) is 23.4. The maximum absolute atomic E-state index is 12.9. The molecule has 0 aliphatic rings. The molecule has 1 aromatic heterocycles. The summed E-state index contributed by atoms with van der Waals surface area (Å²) in [6, 6.07) is 19.1. The molecule has 1 heterocycles. The lowest BCUT2D eigenvalue weighted by atomic mass is 10.1. The molecule has 3 aromatic carbocycles. The van der Waals surface area contributed by atoms with Gasteiger partial charge in [-0.1, -0.05) is 24.3 Å². The number of aromatic nitrogens is 1. The number of fused-ring (bicyclic) bond motifs is 1. The number of rotatable bonds is 7. The average molecular weight is 446 g/mol. The number of anilines is 1. The SMILES string of the molecule is COc1ccc(NC(=O)C(C)OC(=O)c2ccccc2-c2nc3ccccc3o2)c(OC)c1. The first-order chi connectivity index (χ1) is 16.0. The van der Waals surface area contributed by atoms with Crippen LogP contribution in [0.2, 0.25) is 0 Å². The van der Waals surface area contributed by atoms with Crippen LogP contribution in [0.3, 0.4) is 0 Å². The Morgan fingerprint density at radius 3 is 2.48 bits per heavy atom. The number of nitrogens with zero attached hydrogens (tertiary/aromatic N) is 1. The first-order valence-electron chi connectivity index (χ1n) is 10.2. The molecule has 0 radical (unpaired) electrons. The summed E-state index contributed by atoms with van der Waals surface area (Å²) in [7, 11) is 3.02. The first kappa shape index (κ1) is 21.9. The molecule has 0 saturated carbocycles. The molecule has 1 amide bonds. The largest absolute Gasteiger partial charge is 0.497 e. The fraction of sp³-hybridized carbons (Fsp3) is 0.160. The van der Waals surface area contributed by atoms with E-state index < -0.39 is 18.0 Å². The van der Waals surface area contributed by atoms with E-state index in [2.05, 4.69) is 10.3 Å². The van der Waals surface area contributed by atoms with Crippen LogP contribution in [0, 0.1) is 0 Å². The van der Waals surface area contributed by atoms with Gasteiger partial charge in [-0.25, -0.2) is 9.78 Å². The quantitative estimate of drug-likeness (QED) is 0.411. The van der Waals surface area contributed by atoms with Crippen molar-refractivity contribution in [3.63, 3.8) is 0 Å². The van der Waals surface area contributed by atoms with Gasteiger partial charge in [0.2, 0.25) is 5.89 Å². The zero-order valence-electron chi connectivity index (χ0n) is 18.3. The minimum absolute atomic E-state index is 0.241. The van der Waals surface area contributed by atoms with Gasteiger partial charge in [0.05, 0.1) is 31.0 Å². The molecule has 8 heteroatoms. The fourth-order valence-electron chi connectivity index (χ4n) is 3.25. The standard InChI is InChI=1S/C25H22N2O6/c1-15(23(28)26-20-13-12-16(30-2)14-22(20)31-3)32-25(29)18-9-5-4-8-17(18)24-27-19-10-6-7-11-21(19)33-24/h4-15H,1-3H3,(H,26,28). The van der Waals surface area contributed by atoms with E-state index in [1.165, 1.54) is 21.1 Å². The molecule has 4 rings (SSSR count). The summed E-state index contributed by atoms with van der Waals surface area (Å²) < 4.78 is 21.7. The second-order valence-electron chi connectivity index (χ2n) is 7.14. The third-order valence-corrected chi connectivity index (χ3v) is 4.99. The highest BCUT2D eigenvalue weighted by Crippen LogP contribution is 2.30. The zero-order valence-corrected chi connectivity index (χ0v) is 18.3. The van der Waals surface area contributed by atoms with Crippen molar-refractivity contribution >= 4 is 28.7 Å². The highest BCUT2D eigenvalue weighted by Gasteiger charge is 2.23. The van der Waals surface area contributed by atoms with E-state index in [0.717, 1.165) is 0 Å². The molecule has 0 saturated heterocycles. The van der Waals surface area contributed by atoms with Crippen molar-refractivity contribution in [3.8, 4) is 23.0 Å². The smallest absolute Gasteiger partial charge is 0.339 e. The molecule has 168 valence electrons. The maximum atomic E-state index is 12.9. The Hall–Kier alpha value is -4.33. The Labute approximate surface area is 190 Å². The molecule has 33 heavy (non-hydrogen) atoms. The molecule has 1 unspecified atom stereocenters. The van der Waals surface area contributed by atoms with Gasteiger partial charge in [-0.2, -0.15) is 0 Å². The van der Waals surface area contributed by atoms with Crippen LogP contribution in [0.25, 0.3) is 22.6 Å². The van der Waals surface area contributed by atoms with Gasteiger partial charge < -0.3 is 23.9 Å². The number of carbonyl (C=O) groups excluding carboxylic acids is 2. The summed E-state index contributed by atoms with van der Waals surface area (Å²) in [6.45, 7) is 1.49. The van der Waals surface area contributed by atoms with E-state index in [-0.39, 0.29) is 5.56 Å². The highest BCUT2D eigenvalue weighted by atomic mass is 16.5. The Morgan fingerprint density at radius 2 is 1.73 bits per heavy atom. The van der Waals surface area contributed by atoms with Crippen molar-refractivity contribution in [1.29, 1.82) is 0 Å². The molecule has 1 atom stereocenters. The van der Waals surface area contributed by atoms with Crippen molar-refractivity contribution in [2.24, 2.45) is 0 Å². The van der Waals surface area contributed by atoms with E-state index in [1.807, 2.05) is 18.2 Å². The predicted octanol–water partition coefficient (Wildman–Crippen LogP) is 4.70. The minimum Gasteiger partial charge on any atom is -0.497 e. The molecule has 0 fully saturated rings. The lowest BCUT2D eigenvalue weighted by molar-refractivity contribution is -0.123. The molecule has 0 aliphatic heterocycles. The molecular formula is C25H22N2O6. The number of hydrogen-bond acceptors (Lipinski definition) is 7. The third-order valence-electron chi connectivity index (χ3n) is 4.99. The molecule has 4 aromatic rings. The van der Waals surface area contributed by atoms with E-state index >= 15 is 0 Å². The number of esters is 1. The van der Waals surface area contributed by atoms with Crippen molar-refractivity contribution in [2.45, 2.75) is 13.0 Å². The summed E-state index contributed by atoms with van der Waals surface area (Å²) in [6.07, 6.45) is -1.07. The van der Waals surface area contributed by atoms with Crippen LogP contribution in [-0.2, 0) is 9.53 Å². The van der Waals surface area contributed by atoms with Crippen LogP contribution in [0.4, 0.5) is 5.69 Å². The first-order valence-corrected chi connectivity index (χ1v) is 10.2. The van der Waals surface area contributed by atoms with Gasteiger partial charge in [0.1, 0.15) is 17.0 Å². The summed E-state index contributed by atoms with van der Waals surface area (Å²) in [4.78, 5) is 30.0. The van der Waals surface area contributed by atoms with Crippen molar-refractivity contribution in [1.82, 2.24) is 4.98 Å². The molecule has 1 N–H and O–H groups in total. The fourth-order valence-corrected chi connectivity index (χ4v) is 3.25. The molecular weight excluding hydrogens is 424 g/mol. The lowest BCUT2D eigenvalue weighted by Gasteiger charge is -2.16. The predicted molar refractivity (Wildman–Crippen MR) is 122 cm³/mol. The highest BCUT2D eigenvalue weighted by molar-refractivity contribution is 6.00. The number of oxazole rings is 1. The Kier molecular flexibility index (Phi) is 6.26. The van der Waals surface area contributed by atoms with Gasteiger partial charge >= 0.3 is 5.97 Å². The van der Waals surface area contributed by atoms with Crippen molar-refractivity contribution in [3.05, 3.63) is 72.3 Å². The van der Waals surface area contributed by atoms with Gasteiger partial charge in [0, 0.05) is 6.07 Å². The normalized spacial score (nSPS) is 11.6. The summed E-state index contributed by atoms with van der Waals surface area (Å²) in [5.41, 5.74) is 2.43. The topological polar surface area (TPSA) is 99.9 Å². The molecule has 0 bridgehead atoms. The maximum Gasteiger partial charge on any atom is 0.339 e. The van der Waals surface area contributed by atoms with Gasteiger partial charge in [-0.15, -0.1) is 0 Å². The van der Waals surface area contributed by atoms with Crippen LogP contribution in [0.1, 0.15) is 17.3 Å². The van der Waals surface area contributed by atoms with Crippen molar-refractivity contribution < 1.29 is 28.2 Å². The van der Waals surface area contributed by atoms with Gasteiger partial charge in [0.25, 0.3) is 5.91 Å². The monoisotopic (exact) mass is 446 g/mol. The van der Waals surface area contributed by atoms with Crippen LogP contribution in [-0.4, -0.2) is 37.2 Å². The number of benzene rings is 3. The van der Waals surface area contributed by atoms with Crippen molar-refractivity contribution in [2.75, 3.05) is 19.5 Å². The number of carbonyl (C=O) groups is 2. The van der Waals surface area contributed by atoms with E-state index in [4.69, 9.17) is 18.6 Å². The number of methoxy groups -OCH3 is 2. The summed E-state index contributed by atoms with van der Waals surface area (Å²) in [5, 5.41) is 2.71. The van der Waals surface area contributed by atoms with Gasteiger partial charge in [-0.3, -0.25) is 4.79 Å². The van der Waals surface area contributed by atoms with Gasteiger partial charge in [0.15, 0.2) is 11.7 Å². The number of hydrogen-bond donors (Lipinski definition) is 1. The van der Waals surface area contributed by atoms with E-state index in [0.29, 0.717) is 39.7 Å². The summed E-state index contributed by atoms with van der Waals surface area (Å²) >= 11 is 0. The second kappa shape index (κ2) is 9.44. The number of amides is 1. The third kappa shape index (κ3) is 4.64. The molecule has 8 nitrogen and oxygen atoms in total. The average Bonchev–Trinajstić information content (AvgIpc) is 3.28. The molecule has 0 aliphatic carbocycles. The van der Waals surface area contributed by atoms with E-state index in [1.54, 1.807) is 48.5 Å². The van der Waals surface area contributed by atoms with E-state index in [9.17, 15) is 9.59 Å². The summed E-state index contributed by atoms with van der Waals surface area (Å²) in [5.74, 6) is 0.120. The number of ether oxygens (including phenoxy) is 3.